The van der Waals surface area contributed by atoms with Gasteiger partial charge in [0.05, 0.1) is 17.5 Å². The van der Waals surface area contributed by atoms with Crippen molar-refractivity contribution in [3.05, 3.63) is 52.9 Å². The second kappa shape index (κ2) is 6.45. The van der Waals surface area contributed by atoms with Crippen LogP contribution in [-0.2, 0) is 6.54 Å². The van der Waals surface area contributed by atoms with E-state index in [9.17, 15) is 13.6 Å². The van der Waals surface area contributed by atoms with E-state index in [1.807, 2.05) is 0 Å². The molecule has 1 aliphatic rings. The molecule has 1 fully saturated rings. The highest BCUT2D eigenvalue weighted by molar-refractivity contribution is 5.95. The van der Waals surface area contributed by atoms with Gasteiger partial charge in [0.25, 0.3) is 5.91 Å². The zero-order valence-corrected chi connectivity index (χ0v) is 12.8. The molecule has 23 heavy (non-hydrogen) atoms. The van der Waals surface area contributed by atoms with Crippen molar-refractivity contribution in [2.24, 2.45) is 0 Å². The standard InChI is InChI=1S/C16H18F2N4O/c1-19-16(23)14-7-20-21-15(14)11-2-3-22(9-11)8-10-4-12(17)6-13(18)5-10/h4-7,11H,2-3,8-9H2,1H3,(H,19,23)(H,20,21)/t11-/m1/s1. The minimum atomic E-state index is -0.564. The van der Waals surface area contributed by atoms with Crippen LogP contribution in [0, 0.1) is 11.6 Å². The SMILES string of the molecule is CNC(=O)c1cn[nH]c1[C@@H]1CCN(Cc2cc(F)cc(F)c2)C1. The number of halogens is 2. The number of carbonyl (C=O) groups is 1. The summed E-state index contributed by atoms with van der Waals surface area (Å²) in [5.41, 5.74) is 1.98. The Balaban J connectivity index is 1.69. The van der Waals surface area contributed by atoms with Gasteiger partial charge in [-0.05, 0) is 30.7 Å². The average Bonchev–Trinajstić information content (AvgIpc) is 3.13. The third-order valence-electron chi connectivity index (χ3n) is 4.15. The molecular weight excluding hydrogens is 302 g/mol. The van der Waals surface area contributed by atoms with E-state index >= 15 is 0 Å². The molecule has 0 aliphatic carbocycles. The van der Waals surface area contributed by atoms with E-state index < -0.39 is 11.6 Å². The van der Waals surface area contributed by atoms with Crippen LogP contribution >= 0.6 is 0 Å². The highest BCUT2D eigenvalue weighted by Crippen LogP contribution is 2.29. The summed E-state index contributed by atoms with van der Waals surface area (Å²) in [7, 11) is 1.58. The molecule has 0 spiro atoms. The smallest absolute Gasteiger partial charge is 0.254 e. The van der Waals surface area contributed by atoms with Gasteiger partial charge in [-0.15, -0.1) is 0 Å². The second-order valence-corrected chi connectivity index (χ2v) is 5.77. The summed E-state index contributed by atoms with van der Waals surface area (Å²) in [6.45, 7) is 1.99. The lowest BCUT2D eigenvalue weighted by molar-refractivity contribution is 0.0961. The van der Waals surface area contributed by atoms with E-state index in [0.29, 0.717) is 24.2 Å². The molecule has 5 nitrogen and oxygen atoms in total. The van der Waals surface area contributed by atoms with Crippen LogP contribution in [0.5, 0.6) is 0 Å². The molecule has 0 unspecified atom stereocenters. The first-order valence-corrected chi connectivity index (χ1v) is 7.49. The molecule has 0 saturated carbocycles. The van der Waals surface area contributed by atoms with Crippen molar-refractivity contribution in [2.45, 2.75) is 18.9 Å². The molecule has 0 bridgehead atoms. The van der Waals surface area contributed by atoms with Gasteiger partial charge >= 0.3 is 0 Å². The fourth-order valence-corrected chi connectivity index (χ4v) is 3.10. The number of aromatic amines is 1. The number of likely N-dealkylation sites (tertiary alicyclic amines) is 1. The summed E-state index contributed by atoms with van der Waals surface area (Å²) >= 11 is 0. The van der Waals surface area contributed by atoms with Crippen molar-refractivity contribution in [3.63, 3.8) is 0 Å². The molecule has 1 aromatic carbocycles. The van der Waals surface area contributed by atoms with Crippen LogP contribution in [0.4, 0.5) is 8.78 Å². The molecule has 1 saturated heterocycles. The number of H-pyrrole nitrogens is 1. The number of nitrogens with one attached hydrogen (secondary N) is 2. The van der Waals surface area contributed by atoms with E-state index in [0.717, 1.165) is 24.7 Å². The predicted octanol–water partition coefficient (Wildman–Crippen LogP) is 2.04. The number of carbonyl (C=O) groups excluding carboxylic acids is 1. The van der Waals surface area contributed by atoms with Crippen LogP contribution in [0.15, 0.2) is 24.4 Å². The molecular formula is C16H18F2N4O. The first-order chi connectivity index (χ1) is 11.1. The zero-order chi connectivity index (χ0) is 16.4. The number of aromatic nitrogens is 2. The molecule has 1 aliphatic heterocycles. The van der Waals surface area contributed by atoms with E-state index in [2.05, 4.69) is 20.4 Å². The molecule has 1 amide bonds. The third-order valence-corrected chi connectivity index (χ3v) is 4.15. The summed E-state index contributed by atoms with van der Waals surface area (Å²) < 4.78 is 26.5. The van der Waals surface area contributed by atoms with Gasteiger partial charge in [-0.3, -0.25) is 14.8 Å². The van der Waals surface area contributed by atoms with Crippen LogP contribution < -0.4 is 5.32 Å². The molecule has 1 atom stereocenters. The molecule has 3 rings (SSSR count). The number of benzene rings is 1. The topological polar surface area (TPSA) is 61.0 Å². The Kier molecular flexibility index (Phi) is 4.38. The molecule has 2 aromatic rings. The highest BCUT2D eigenvalue weighted by Gasteiger charge is 2.28. The lowest BCUT2D eigenvalue weighted by atomic mass is 10.0. The van der Waals surface area contributed by atoms with Crippen molar-refractivity contribution >= 4 is 5.91 Å². The largest absolute Gasteiger partial charge is 0.355 e. The maximum absolute atomic E-state index is 13.3. The van der Waals surface area contributed by atoms with Gasteiger partial charge in [0.1, 0.15) is 11.6 Å². The van der Waals surface area contributed by atoms with E-state index in [-0.39, 0.29) is 11.8 Å². The minimum Gasteiger partial charge on any atom is -0.355 e. The summed E-state index contributed by atoms with van der Waals surface area (Å²) in [5.74, 6) is -1.14. The lowest BCUT2D eigenvalue weighted by Gasteiger charge is -2.16. The number of amides is 1. The fourth-order valence-electron chi connectivity index (χ4n) is 3.10. The van der Waals surface area contributed by atoms with Crippen molar-refractivity contribution < 1.29 is 13.6 Å². The Bertz CT molecular complexity index is 696. The van der Waals surface area contributed by atoms with Crippen molar-refractivity contribution in [2.75, 3.05) is 20.1 Å². The molecule has 1 aromatic heterocycles. The van der Waals surface area contributed by atoms with Gasteiger partial charge in [-0.25, -0.2) is 8.78 Å². The van der Waals surface area contributed by atoms with Crippen LogP contribution in [0.1, 0.15) is 34.0 Å². The number of rotatable bonds is 4. The Labute approximate surface area is 132 Å². The minimum absolute atomic E-state index is 0.156. The van der Waals surface area contributed by atoms with Crippen LogP contribution in [0.2, 0.25) is 0 Å². The van der Waals surface area contributed by atoms with Gasteiger partial charge in [-0.2, -0.15) is 5.10 Å². The van der Waals surface area contributed by atoms with E-state index in [4.69, 9.17) is 0 Å². The quantitative estimate of drug-likeness (QED) is 0.906. The van der Waals surface area contributed by atoms with Crippen LogP contribution in [0.3, 0.4) is 0 Å². The monoisotopic (exact) mass is 320 g/mol. The van der Waals surface area contributed by atoms with E-state index in [1.54, 1.807) is 7.05 Å². The van der Waals surface area contributed by atoms with Crippen molar-refractivity contribution in [1.82, 2.24) is 20.4 Å². The normalized spacial score (nSPS) is 18.3. The summed E-state index contributed by atoms with van der Waals surface area (Å²) in [6, 6.07) is 3.57. The number of nitrogens with zero attached hydrogens (tertiary/aromatic N) is 2. The van der Waals surface area contributed by atoms with Gasteiger partial charge in [0, 0.05) is 32.1 Å². The maximum Gasteiger partial charge on any atom is 0.254 e. The van der Waals surface area contributed by atoms with Gasteiger partial charge < -0.3 is 5.32 Å². The third kappa shape index (κ3) is 3.39. The molecule has 122 valence electrons. The Hall–Kier alpha value is -2.28. The summed E-state index contributed by atoms with van der Waals surface area (Å²) in [6.07, 6.45) is 2.39. The maximum atomic E-state index is 13.3. The van der Waals surface area contributed by atoms with Crippen molar-refractivity contribution in [1.29, 1.82) is 0 Å². The highest BCUT2D eigenvalue weighted by atomic mass is 19.1. The van der Waals surface area contributed by atoms with Gasteiger partial charge in [-0.1, -0.05) is 0 Å². The second-order valence-electron chi connectivity index (χ2n) is 5.77. The van der Waals surface area contributed by atoms with E-state index in [1.165, 1.54) is 18.3 Å². The Morgan fingerprint density at radius 2 is 2.13 bits per heavy atom. The number of hydrogen-bond acceptors (Lipinski definition) is 3. The Morgan fingerprint density at radius 1 is 1.39 bits per heavy atom. The van der Waals surface area contributed by atoms with Crippen LogP contribution in [0.25, 0.3) is 0 Å². The number of hydrogen-bond donors (Lipinski definition) is 2. The lowest BCUT2D eigenvalue weighted by Crippen LogP contribution is -2.22. The average molecular weight is 320 g/mol. The Morgan fingerprint density at radius 3 is 2.83 bits per heavy atom. The van der Waals surface area contributed by atoms with Crippen molar-refractivity contribution in [3.8, 4) is 0 Å². The molecule has 7 heteroatoms. The molecule has 2 N–H and O–H groups in total. The first-order valence-electron chi connectivity index (χ1n) is 7.49. The van der Waals surface area contributed by atoms with Crippen LogP contribution in [-0.4, -0.2) is 41.1 Å². The first kappa shape index (κ1) is 15.6. The van der Waals surface area contributed by atoms with Gasteiger partial charge in [0.15, 0.2) is 0 Å². The zero-order valence-electron chi connectivity index (χ0n) is 12.8. The summed E-state index contributed by atoms with van der Waals surface area (Å²) in [5, 5.41) is 9.47. The molecule has 2 heterocycles. The molecule has 0 radical (unpaired) electrons. The van der Waals surface area contributed by atoms with Gasteiger partial charge in [0.2, 0.25) is 0 Å². The predicted molar refractivity (Wildman–Crippen MR) is 81.0 cm³/mol. The fraction of sp³-hybridized carbons (Fsp3) is 0.375. The summed E-state index contributed by atoms with van der Waals surface area (Å²) in [4.78, 5) is 13.9.